The summed E-state index contributed by atoms with van der Waals surface area (Å²) in [5, 5.41) is 3.26. The first-order valence-electron chi connectivity index (χ1n) is 20.3. The number of nitrogens with two attached hydrogens (primary N) is 1. The van der Waals surface area contributed by atoms with E-state index in [1.165, 1.54) is 4.70 Å². The molecule has 60 heavy (non-hydrogen) atoms. The highest BCUT2D eigenvalue weighted by Gasteiger charge is 2.39. The third kappa shape index (κ3) is 7.57. The van der Waals surface area contributed by atoms with Crippen molar-refractivity contribution in [3.63, 3.8) is 0 Å². The Kier molecular flexibility index (Phi) is 10.8. The van der Waals surface area contributed by atoms with Gasteiger partial charge in [-0.1, -0.05) is 97.1 Å². The molecule has 0 radical (unpaired) electrons. The molecule has 0 saturated carbocycles. The van der Waals surface area contributed by atoms with Gasteiger partial charge in [0, 0.05) is 23.4 Å². The van der Waals surface area contributed by atoms with Gasteiger partial charge in [-0.25, -0.2) is 14.8 Å². The number of aromatic amines is 2. The van der Waals surface area contributed by atoms with Crippen molar-refractivity contribution in [2.75, 3.05) is 27.2 Å². The molecule has 5 heterocycles. The highest BCUT2D eigenvalue weighted by atomic mass is 32.1. The van der Waals surface area contributed by atoms with Crippen molar-refractivity contribution in [2.24, 2.45) is 5.73 Å². The molecule has 4 N–H and O–H groups in total. The molecule has 2 saturated heterocycles. The Bertz CT molecular complexity index is 2640. The first kappa shape index (κ1) is 38.9. The van der Waals surface area contributed by atoms with Crippen molar-refractivity contribution in [3.05, 3.63) is 144 Å². The average molecular weight is 819 g/mol. The van der Waals surface area contributed by atoms with Crippen LogP contribution in [0.4, 0.5) is 4.79 Å². The lowest BCUT2D eigenvalue weighted by atomic mass is 10.0. The summed E-state index contributed by atoms with van der Waals surface area (Å²) < 4.78 is 6.49. The number of likely N-dealkylation sites (N-methyl/N-ethyl adjacent to an activating group) is 1. The van der Waals surface area contributed by atoms with Crippen molar-refractivity contribution in [1.29, 1.82) is 0 Å². The van der Waals surface area contributed by atoms with Gasteiger partial charge in [0.25, 0.3) is 5.91 Å². The topological polar surface area (TPSA) is 154 Å². The Balaban J connectivity index is 0.865. The van der Waals surface area contributed by atoms with E-state index >= 15 is 0 Å². The van der Waals surface area contributed by atoms with Gasteiger partial charge in [-0.05, 0) is 84.4 Å². The fourth-order valence-electron chi connectivity index (χ4n) is 8.77. The number of primary amides is 1. The number of carbonyl (C=O) groups excluding carboxylic acids is 3. The number of H-pyrrole nitrogens is 2. The van der Waals surface area contributed by atoms with Crippen molar-refractivity contribution in [1.82, 2.24) is 34.6 Å². The van der Waals surface area contributed by atoms with Crippen molar-refractivity contribution < 1.29 is 19.1 Å². The molecule has 9 rings (SSSR count). The van der Waals surface area contributed by atoms with Crippen LogP contribution >= 0.6 is 11.3 Å². The van der Waals surface area contributed by atoms with Crippen molar-refractivity contribution in [2.45, 2.75) is 49.9 Å². The van der Waals surface area contributed by atoms with Gasteiger partial charge in [0.2, 0.25) is 12.0 Å². The standard InChI is InChI=1S/C47H46N8O4S/c1-53(2)41(35-28-60-40-15-7-6-12-34(35)40)45(56)54-24-8-13-38(54)43-49-26-36(51-43)31-20-16-29(17-21-31)30-18-22-32(23-19-30)37-27-50-44(52-37)39-14-9-25-55(39)46(57)42(59-47(48)58)33-10-4-3-5-11-33/h3-7,10-12,15-23,26-28,38-39,41-42H,8-9,13-14,24-25H2,1-2H3,(H2,48,58)(H,49,51)(H,50,52)/t38-,39-,41?,42+/m0/s1. The molecule has 2 aliphatic rings. The number of carbonyl (C=O) groups is 3. The minimum atomic E-state index is -1.13. The van der Waals surface area contributed by atoms with Gasteiger partial charge in [-0.2, -0.15) is 0 Å². The summed E-state index contributed by atoms with van der Waals surface area (Å²) in [7, 11) is 3.95. The molecule has 4 atom stereocenters. The van der Waals surface area contributed by atoms with Crippen LogP contribution in [0.25, 0.3) is 43.7 Å². The number of amides is 3. The Morgan fingerprint density at radius 1 is 0.717 bits per heavy atom. The fraction of sp³-hybridized carbons (Fsp3) is 0.255. The number of imidazole rings is 2. The second kappa shape index (κ2) is 16.6. The summed E-state index contributed by atoms with van der Waals surface area (Å²) in [5.41, 5.74) is 12.9. The largest absolute Gasteiger partial charge is 0.431 e. The quantitative estimate of drug-likeness (QED) is 0.118. The van der Waals surface area contributed by atoms with Gasteiger partial charge < -0.3 is 30.2 Å². The zero-order valence-corrected chi connectivity index (χ0v) is 34.3. The van der Waals surface area contributed by atoms with Gasteiger partial charge in [0.15, 0.2) is 0 Å². The van der Waals surface area contributed by atoms with E-state index in [1.807, 2.05) is 48.3 Å². The van der Waals surface area contributed by atoms with Gasteiger partial charge in [0.1, 0.15) is 17.7 Å². The van der Waals surface area contributed by atoms with Crippen LogP contribution < -0.4 is 5.73 Å². The van der Waals surface area contributed by atoms with Crippen LogP contribution in [0.15, 0.2) is 121 Å². The molecule has 1 unspecified atom stereocenters. The molecule has 7 aromatic rings. The normalized spacial score (nSPS) is 17.6. The van der Waals surface area contributed by atoms with Gasteiger partial charge >= 0.3 is 6.09 Å². The van der Waals surface area contributed by atoms with Crippen LogP contribution in [0.5, 0.6) is 0 Å². The Hall–Kier alpha value is -6.57. The highest BCUT2D eigenvalue weighted by Crippen LogP contribution is 2.39. The van der Waals surface area contributed by atoms with Crippen LogP contribution in [-0.4, -0.2) is 79.7 Å². The summed E-state index contributed by atoms with van der Waals surface area (Å²) in [4.78, 5) is 62.0. The number of hydrogen-bond acceptors (Lipinski definition) is 8. The van der Waals surface area contributed by atoms with E-state index in [-0.39, 0.29) is 29.9 Å². The minimum Gasteiger partial charge on any atom is -0.431 e. The van der Waals surface area contributed by atoms with E-state index in [9.17, 15) is 14.4 Å². The predicted octanol–water partition coefficient (Wildman–Crippen LogP) is 8.82. The molecule has 3 amide bonds. The van der Waals surface area contributed by atoms with Gasteiger partial charge in [-0.15, -0.1) is 11.3 Å². The van der Waals surface area contributed by atoms with Crippen LogP contribution in [0, 0.1) is 0 Å². The van der Waals surface area contributed by atoms with E-state index in [0.717, 1.165) is 76.1 Å². The molecule has 13 heteroatoms. The monoisotopic (exact) mass is 818 g/mol. The number of likely N-dealkylation sites (tertiary alicyclic amines) is 2. The highest BCUT2D eigenvalue weighted by molar-refractivity contribution is 7.17. The number of hydrogen-bond donors (Lipinski definition) is 3. The predicted molar refractivity (Wildman–Crippen MR) is 233 cm³/mol. The lowest BCUT2D eigenvalue weighted by Gasteiger charge is -2.31. The summed E-state index contributed by atoms with van der Waals surface area (Å²) in [6.45, 7) is 1.22. The third-order valence-corrected chi connectivity index (χ3v) is 12.7. The lowest BCUT2D eigenvalue weighted by molar-refractivity contribution is -0.141. The summed E-state index contributed by atoms with van der Waals surface area (Å²) in [6, 6.07) is 33.1. The molecule has 2 aliphatic heterocycles. The smallest absolute Gasteiger partial charge is 0.405 e. The maximum Gasteiger partial charge on any atom is 0.405 e. The van der Waals surface area contributed by atoms with E-state index in [0.29, 0.717) is 24.5 Å². The van der Waals surface area contributed by atoms with Crippen LogP contribution in [-0.2, 0) is 14.3 Å². The molecule has 0 spiro atoms. The molecule has 12 nitrogen and oxygen atoms in total. The zero-order valence-electron chi connectivity index (χ0n) is 33.5. The molecule has 0 bridgehead atoms. The maximum absolute atomic E-state index is 14.3. The van der Waals surface area contributed by atoms with E-state index in [1.54, 1.807) is 46.7 Å². The molecule has 0 aliphatic carbocycles. The number of fused-ring (bicyclic) bond motifs is 1. The van der Waals surface area contributed by atoms with Crippen LogP contribution in [0.1, 0.15) is 72.7 Å². The van der Waals surface area contributed by atoms with Crippen LogP contribution in [0.2, 0.25) is 0 Å². The van der Waals surface area contributed by atoms with Gasteiger partial charge in [-0.3, -0.25) is 14.5 Å². The lowest BCUT2D eigenvalue weighted by Crippen LogP contribution is -2.40. The number of rotatable bonds is 11. The number of nitrogens with zero attached hydrogens (tertiary/aromatic N) is 5. The third-order valence-electron chi connectivity index (χ3n) is 11.7. The fourth-order valence-corrected chi connectivity index (χ4v) is 9.75. The minimum absolute atomic E-state index is 0.103. The second-order valence-electron chi connectivity index (χ2n) is 15.7. The number of benzene rings is 4. The molecule has 304 valence electrons. The van der Waals surface area contributed by atoms with Crippen molar-refractivity contribution >= 4 is 39.3 Å². The number of nitrogens with one attached hydrogen (secondary N) is 2. The van der Waals surface area contributed by atoms with E-state index in [4.69, 9.17) is 15.5 Å². The number of ether oxygens (including phenoxy) is 1. The summed E-state index contributed by atoms with van der Waals surface area (Å²) in [6.07, 6.45) is 4.85. The summed E-state index contributed by atoms with van der Waals surface area (Å²) >= 11 is 1.68. The number of thiophene rings is 1. The van der Waals surface area contributed by atoms with Gasteiger partial charge in [0.05, 0.1) is 35.9 Å². The molecule has 2 fully saturated rings. The molecule has 4 aromatic carbocycles. The molecular weight excluding hydrogens is 773 g/mol. The maximum atomic E-state index is 14.3. The Morgan fingerprint density at radius 2 is 1.23 bits per heavy atom. The zero-order chi connectivity index (χ0) is 41.3. The van der Waals surface area contributed by atoms with E-state index < -0.39 is 12.2 Å². The first-order valence-corrected chi connectivity index (χ1v) is 21.2. The van der Waals surface area contributed by atoms with E-state index in [2.05, 4.69) is 81.0 Å². The summed E-state index contributed by atoms with van der Waals surface area (Å²) in [5.74, 6) is 1.27. The average Bonchev–Trinajstić information content (AvgIpc) is 4.13. The van der Waals surface area contributed by atoms with Crippen LogP contribution in [0.3, 0.4) is 0 Å². The second-order valence-corrected chi connectivity index (χ2v) is 16.6. The number of aromatic nitrogens is 4. The Labute approximate surface area is 352 Å². The SMILES string of the molecule is CN(C)C(C(=O)N1CCC[C@H]1c1ncc(-c2ccc(-c3ccc(-c4cnc([C@@H]5CCCN5C(=O)[C@H](OC(N)=O)c5ccccc5)[nH]4)cc3)cc2)[nH]1)c1csc2ccccc12. The first-order chi connectivity index (χ1) is 29.2. The molecule has 3 aromatic heterocycles. The molecular formula is C47H46N8O4S. The Morgan fingerprint density at radius 3 is 1.78 bits per heavy atom. The van der Waals surface area contributed by atoms with Crippen molar-refractivity contribution in [3.8, 4) is 33.6 Å².